The quantitative estimate of drug-likeness (QED) is 0.831. The normalized spacial score (nSPS) is 19.0. The van der Waals surface area contributed by atoms with Crippen molar-refractivity contribution in [2.75, 3.05) is 0 Å². The van der Waals surface area contributed by atoms with Crippen molar-refractivity contribution in [1.29, 1.82) is 0 Å². The van der Waals surface area contributed by atoms with Gasteiger partial charge < -0.3 is 4.98 Å². The first kappa shape index (κ1) is 17.0. The second kappa shape index (κ2) is 6.59. The molecule has 6 nitrogen and oxygen atoms in total. The van der Waals surface area contributed by atoms with Crippen LogP contribution in [0.5, 0.6) is 0 Å². The van der Waals surface area contributed by atoms with E-state index in [0.29, 0.717) is 17.7 Å². The van der Waals surface area contributed by atoms with E-state index in [-0.39, 0.29) is 23.1 Å². The first-order chi connectivity index (χ1) is 11.9. The van der Waals surface area contributed by atoms with Crippen molar-refractivity contribution in [3.8, 4) is 23.1 Å². The summed E-state index contributed by atoms with van der Waals surface area (Å²) in [5, 5.41) is 8.01. The molecule has 0 bridgehead atoms. The monoisotopic (exact) mass is 346 g/mol. The van der Waals surface area contributed by atoms with Gasteiger partial charge in [-0.1, -0.05) is 19.8 Å². The fourth-order valence-electron chi connectivity index (χ4n) is 2.58. The van der Waals surface area contributed by atoms with Gasteiger partial charge in [-0.25, -0.2) is 13.6 Å². The van der Waals surface area contributed by atoms with Gasteiger partial charge in [-0.05, 0) is 29.9 Å². The predicted octanol–water partition coefficient (Wildman–Crippen LogP) is 1.90. The van der Waals surface area contributed by atoms with E-state index in [1.165, 1.54) is 6.20 Å². The van der Waals surface area contributed by atoms with Crippen LogP contribution >= 0.6 is 0 Å². The largest absolute Gasteiger partial charge is 0.325 e. The Hall–Kier alpha value is -2.82. The highest BCUT2D eigenvalue weighted by atomic mass is 19.3. The van der Waals surface area contributed by atoms with Crippen LogP contribution in [0.4, 0.5) is 8.78 Å². The Balaban J connectivity index is 2.07. The number of nitrogens with zero attached hydrogens (tertiary/aromatic N) is 2. The van der Waals surface area contributed by atoms with E-state index >= 15 is 0 Å². The Morgan fingerprint density at radius 2 is 2.04 bits per heavy atom. The van der Waals surface area contributed by atoms with E-state index in [1.54, 1.807) is 6.07 Å². The topological polar surface area (TPSA) is 91.5 Å². The van der Waals surface area contributed by atoms with Crippen LogP contribution in [0.3, 0.4) is 0 Å². The smallest absolute Gasteiger partial charge is 0.313 e. The molecule has 3 rings (SSSR count). The van der Waals surface area contributed by atoms with Crippen LogP contribution in [0.2, 0.25) is 0 Å². The lowest BCUT2D eigenvalue weighted by molar-refractivity contribution is 0.120. The third-order valence-electron chi connectivity index (χ3n) is 3.96. The number of H-pyrrole nitrogens is 2. The molecule has 1 aliphatic rings. The second-order valence-electron chi connectivity index (χ2n) is 6.28. The molecule has 8 heteroatoms. The van der Waals surface area contributed by atoms with Gasteiger partial charge in [0.15, 0.2) is 0 Å². The summed E-state index contributed by atoms with van der Waals surface area (Å²) >= 11 is 0. The Bertz CT molecular complexity index is 969. The first-order valence-electron chi connectivity index (χ1n) is 7.86. The van der Waals surface area contributed by atoms with Crippen molar-refractivity contribution in [1.82, 2.24) is 20.2 Å². The van der Waals surface area contributed by atoms with Gasteiger partial charge in [-0.2, -0.15) is 0 Å². The second-order valence-corrected chi connectivity index (χ2v) is 6.28. The molecule has 1 fully saturated rings. The van der Waals surface area contributed by atoms with Gasteiger partial charge in [0.1, 0.15) is 11.4 Å². The summed E-state index contributed by atoms with van der Waals surface area (Å²) in [5.74, 6) is 4.85. The zero-order valence-electron chi connectivity index (χ0n) is 13.6. The highest BCUT2D eigenvalue weighted by Crippen LogP contribution is 2.51. The number of alkyl halides is 2. The van der Waals surface area contributed by atoms with Crippen LogP contribution in [-0.2, 0) is 0 Å². The molecule has 0 spiro atoms. The van der Waals surface area contributed by atoms with Crippen molar-refractivity contribution >= 4 is 0 Å². The van der Waals surface area contributed by atoms with Gasteiger partial charge in [0.25, 0.3) is 5.56 Å². The molecule has 2 N–H and O–H groups in total. The summed E-state index contributed by atoms with van der Waals surface area (Å²) in [5.41, 5.74) is -0.0125. The number of rotatable bonds is 3. The summed E-state index contributed by atoms with van der Waals surface area (Å²) in [6.45, 7) is 3.82. The van der Waals surface area contributed by atoms with Gasteiger partial charge in [0.2, 0.25) is 6.43 Å². The van der Waals surface area contributed by atoms with Crippen LogP contribution in [0, 0.1) is 23.7 Å². The minimum absolute atomic E-state index is 0.0986. The third kappa shape index (κ3) is 3.65. The molecule has 1 saturated carbocycles. The summed E-state index contributed by atoms with van der Waals surface area (Å²) in [7, 11) is 0. The van der Waals surface area contributed by atoms with E-state index in [9.17, 15) is 18.4 Å². The lowest BCUT2D eigenvalue weighted by Crippen LogP contribution is -2.23. The molecule has 2 aromatic rings. The van der Waals surface area contributed by atoms with Crippen LogP contribution < -0.4 is 11.2 Å². The summed E-state index contributed by atoms with van der Waals surface area (Å²) in [6.07, 6.45) is -0.837. The minimum atomic E-state index is -2.41. The van der Waals surface area contributed by atoms with Crippen molar-refractivity contribution < 1.29 is 8.78 Å². The SMILES string of the molecule is CC(C)C#Cc1nnc(-c2c[nH]c(=O)[nH]c2=O)cc1[C@H]1C[C@@H]1C(F)F. The van der Waals surface area contributed by atoms with Crippen LogP contribution in [-0.4, -0.2) is 26.6 Å². The van der Waals surface area contributed by atoms with E-state index in [2.05, 4.69) is 32.0 Å². The Morgan fingerprint density at radius 3 is 2.64 bits per heavy atom. The molecule has 0 saturated heterocycles. The zero-order chi connectivity index (χ0) is 18.1. The average Bonchev–Trinajstić information content (AvgIpc) is 3.33. The highest BCUT2D eigenvalue weighted by Gasteiger charge is 2.46. The minimum Gasteiger partial charge on any atom is -0.313 e. The van der Waals surface area contributed by atoms with Crippen molar-refractivity contribution in [2.24, 2.45) is 11.8 Å². The maximum Gasteiger partial charge on any atom is 0.325 e. The van der Waals surface area contributed by atoms with Gasteiger partial charge >= 0.3 is 5.69 Å². The maximum absolute atomic E-state index is 13.0. The summed E-state index contributed by atoms with van der Waals surface area (Å²) in [6, 6.07) is 1.56. The maximum atomic E-state index is 13.0. The number of hydrogen-bond acceptors (Lipinski definition) is 4. The van der Waals surface area contributed by atoms with Crippen LogP contribution in [0.25, 0.3) is 11.3 Å². The fourth-order valence-corrected chi connectivity index (χ4v) is 2.58. The molecule has 0 aromatic carbocycles. The zero-order valence-corrected chi connectivity index (χ0v) is 13.6. The Kier molecular flexibility index (Phi) is 4.49. The van der Waals surface area contributed by atoms with Crippen LogP contribution in [0.1, 0.15) is 37.4 Å². The fraction of sp³-hybridized carbons (Fsp3) is 0.412. The standard InChI is InChI=1S/C17H16F2N4O2/c1-8(2)3-4-13-10(9-5-11(9)15(18)19)6-14(23-22-13)12-7-20-17(25)21-16(12)24/h6-9,11,15H,5H2,1-2H3,(H2,20,21,24,25)/t9-,11+/m1/s1. The van der Waals surface area contributed by atoms with Gasteiger partial charge in [0, 0.05) is 18.0 Å². The number of aromatic nitrogens is 4. The number of hydrogen-bond donors (Lipinski definition) is 2. The van der Waals surface area contributed by atoms with Crippen LogP contribution in [0.15, 0.2) is 21.9 Å². The molecule has 2 atom stereocenters. The highest BCUT2D eigenvalue weighted by molar-refractivity contribution is 5.59. The van der Waals surface area contributed by atoms with Gasteiger partial charge in [-0.3, -0.25) is 9.78 Å². The van der Waals surface area contributed by atoms with Crippen molar-refractivity contribution in [3.63, 3.8) is 0 Å². The number of aromatic amines is 2. The van der Waals surface area contributed by atoms with E-state index in [0.717, 1.165) is 0 Å². The van der Waals surface area contributed by atoms with Gasteiger partial charge in [0.05, 0.1) is 5.56 Å². The number of nitrogens with one attached hydrogen (secondary N) is 2. The first-order valence-corrected chi connectivity index (χ1v) is 7.86. The predicted molar refractivity (Wildman–Crippen MR) is 87.3 cm³/mol. The van der Waals surface area contributed by atoms with Gasteiger partial charge in [-0.15, -0.1) is 10.2 Å². The molecule has 0 radical (unpaired) electrons. The average molecular weight is 346 g/mol. The van der Waals surface area contributed by atoms with E-state index < -0.39 is 23.6 Å². The molecule has 1 aliphatic carbocycles. The molecule has 0 unspecified atom stereocenters. The molecular formula is C17H16F2N4O2. The molecule has 2 heterocycles. The lowest BCUT2D eigenvalue weighted by Gasteiger charge is -2.06. The lowest BCUT2D eigenvalue weighted by atomic mass is 10.0. The van der Waals surface area contributed by atoms with Crippen molar-refractivity contribution in [2.45, 2.75) is 32.6 Å². The van der Waals surface area contributed by atoms with E-state index in [4.69, 9.17) is 0 Å². The van der Waals surface area contributed by atoms with Crippen molar-refractivity contribution in [3.05, 3.63) is 44.4 Å². The molecule has 2 aromatic heterocycles. The molecule has 130 valence electrons. The molecule has 0 amide bonds. The molecule has 25 heavy (non-hydrogen) atoms. The molecule has 0 aliphatic heterocycles. The summed E-state index contributed by atoms with van der Waals surface area (Å²) < 4.78 is 25.9. The third-order valence-corrected chi connectivity index (χ3v) is 3.96. The summed E-state index contributed by atoms with van der Waals surface area (Å²) in [4.78, 5) is 27.5. The van der Waals surface area contributed by atoms with E-state index in [1.807, 2.05) is 13.8 Å². The Morgan fingerprint density at radius 1 is 1.28 bits per heavy atom. The Labute approximate surface area is 141 Å². The number of halogens is 2. The molecular weight excluding hydrogens is 330 g/mol.